The summed E-state index contributed by atoms with van der Waals surface area (Å²) >= 11 is 1.49. The molecule has 0 N–H and O–H groups in total. The maximum atomic E-state index is 8.59. The molecule has 5 aromatic rings. The van der Waals surface area contributed by atoms with Crippen molar-refractivity contribution in [2.75, 3.05) is 0 Å². The number of fused-ring (bicyclic) bond motifs is 4. The molecule has 0 unspecified atom stereocenters. The van der Waals surface area contributed by atoms with Crippen molar-refractivity contribution in [3.05, 3.63) is 59.2 Å². The summed E-state index contributed by atoms with van der Waals surface area (Å²) in [6.45, 7) is 7.74. The molecule has 4 heterocycles. The number of nitrogens with zero attached hydrogens (tertiary/aromatic N) is 2. The Hall–Kier alpha value is -2.72. The number of aryl methyl sites for hydroxylation is 1. The van der Waals surface area contributed by atoms with Crippen molar-refractivity contribution in [2.45, 2.75) is 34.1 Å². The number of para-hydroxylation sites is 1. The Bertz CT molecular complexity index is 1430. The zero-order valence-electron chi connectivity index (χ0n) is 18.3. The Morgan fingerprint density at radius 1 is 1.11 bits per heavy atom. The van der Waals surface area contributed by atoms with E-state index in [1.165, 1.54) is 11.3 Å². The fourth-order valence-corrected chi connectivity index (χ4v) is 4.67. The first-order valence-electron chi connectivity index (χ1n) is 10.3. The van der Waals surface area contributed by atoms with Gasteiger partial charge in [0, 0.05) is 45.9 Å². The summed E-state index contributed by atoms with van der Waals surface area (Å²) in [5.41, 5.74) is 3.57. The average molecular weight is 389 g/mol. The van der Waals surface area contributed by atoms with Crippen LogP contribution in [0.3, 0.4) is 0 Å². The van der Waals surface area contributed by atoms with Gasteiger partial charge in [-0.1, -0.05) is 32.9 Å². The molecule has 0 fully saturated rings. The Labute approximate surface area is 170 Å². The molecular weight excluding hydrogens is 364 g/mol. The molecule has 0 atom stereocenters. The molecule has 0 bridgehead atoms. The molecule has 0 aliphatic carbocycles. The minimum Gasteiger partial charge on any atom is -0.437 e. The van der Waals surface area contributed by atoms with Crippen molar-refractivity contribution in [3.8, 4) is 11.3 Å². The van der Waals surface area contributed by atoms with Crippen molar-refractivity contribution in [1.29, 1.82) is 0 Å². The molecule has 0 saturated carbocycles. The highest BCUT2D eigenvalue weighted by Gasteiger charge is 2.16. The predicted molar refractivity (Wildman–Crippen MR) is 118 cm³/mol. The summed E-state index contributed by atoms with van der Waals surface area (Å²) in [4.78, 5) is 9.93. The van der Waals surface area contributed by atoms with Crippen molar-refractivity contribution in [2.24, 2.45) is 5.41 Å². The molecule has 4 heteroatoms. The molecule has 0 aliphatic heterocycles. The summed E-state index contributed by atoms with van der Waals surface area (Å²) in [6, 6.07) is 14.1. The van der Waals surface area contributed by atoms with E-state index in [4.69, 9.17) is 7.16 Å². The Morgan fingerprint density at radius 3 is 2.79 bits per heavy atom. The van der Waals surface area contributed by atoms with E-state index in [1.807, 2.05) is 76.4 Å². The highest BCUT2D eigenvalue weighted by molar-refractivity contribution is 7.19. The van der Waals surface area contributed by atoms with E-state index in [0.717, 1.165) is 48.3 Å². The smallest absolute Gasteiger partial charge is 0.227 e. The molecule has 28 heavy (non-hydrogen) atoms. The highest BCUT2D eigenvalue weighted by Crippen LogP contribution is 2.37. The minimum absolute atomic E-state index is 0.491. The van der Waals surface area contributed by atoms with Gasteiger partial charge in [0.15, 0.2) is 0 Å². The molecule has 0 aliphatic rings. The third-order valence-electron chi connectivity index (χ3n) is 4.68. The van der Waals surface area contributed by atoms with Crippen LogP contribution >= 0.6 is 11.3 Å². The summed E-state index contributed by atoms with van der Waals surface area (Å²) in [7, 11) is 0. The summed E-state index contributed by atoms with van der Waals surface area (Å²) < 4.78 is 24.3. The lowest BCUT2D eigenvalue weighted by Gasteiger charge is -2.16. The van der Waals surface area contributed by atoms with Crippen LogP contribution in [0.2, 0.25) is 0 Å². The second-order valence-corrected chi connectivity index (χ2v) is 9.27. The molecule has 4 aromatic heterocycles. The molecule has 0 amide bonds. The first-order valence-corrected chi connectivity index (χ1v) is 10.2. The molecule has 1 aromatic carbocycles. The zero-order valence-corrected chi connectivity index (χ0v) is 17.1. The average Bonchev–Trinajstić information content (AvgIpc) is 3.27. The van der Waals surface area contributed by atoms with E-state index in [1.54, 1.807) is 0 Å². The van der Waals surface area contributed by atoms with Gasteiger partial charge in [-0.25, -0.2) is 4.98 Å². The number of rotatable bonds is 2. The van der Waals surface area contributed by atoms with Gasteiger partial charge in [0.25, 0.3) is 0 Å². The number of aromatic nitrogens is 2. The van der Waals surface area contributed by atoms with E-state index in [-0.39, 0.29) is 0 Å². The third-order valence-corrected chi connectivity index (χ3v) is 5.69. The van der Waals surface area contributed by atoms with Crippen molar-refractivity contribution >= 4 is 43.5 Å². The van der Waals surface area contributed by atoms with Crippen LogP contribution in [0.4, 0.5) is 0 Å². The quantitative estimate of drug-likeness (QED) is 0.322. The van der Waals surface area contributed by atoms with Crippen LogP contribution in [0.25, 0.3) is 43.4 Å². The first kappa shape index (κ1) is 15.2. The van der Waals surface area contributed by atoms with E-state index >= 15 is 0 Å². The fraction of sp³-hybridized carbons (Fsp3) is 0.250. The fourth-order valence-electron chi connectivity index (χ4n) is 3.49. The van der Waals surface area contributed by atoms with Gasteiger partial charge in [0.2, 0.25) is 5.71 Å². The van der Waals surface area contributed by atoms with Crippen molar-refractivity contribution in [3.63, 3.8) is 0 Å². The van der Waals surface area contributed by atoms with E-state index in [2.05, 4.69) is 9.97 Å². The zero-order chi connectivity index (χ0) is 21.3. The van der Waals surface area contributed by atoms with Gasteiger partial charge in [-0.05, 0) is 49.0 Å². The van der Waals surface area contributed by atoms with Crippen LogP contribution < -0.4 is 0 Å². The Kier molecular flexibility index (Phi) is 3.34. The molecule has 3 nitrogen and oxygen atoms in total. The van der Waals surface area contributed by atoms with Crippen LogP contribution in [0.15, 0.2) is 53.1 Å². The molecule has 140 valence electrons. The largest absolute Gasteiger partial charge is 0.437 e. The van der Waals surface area contributed by atoms with E-state index in [9.17, 15) is 0 Å². The van der Waals surface area contributed by atoms with E-state index < -0.39 is 11.8 Å². The van der Waals surface area contributed by atoms with Crippen LogP contribution in [-0.4, -0.2) is 9.97 Å². The summed E-state index contributed by atoms with van der Waals surface area (Å²) in [5.74, 6) is 0. The van der Waals surface area contributed by atoms with Gasteiger partial charge in [-0.2, -0.15) is 0 Å². The van der Waals surface area contributed by atoms with Gasteiger partial charge in [-0.3, -0.25) is 4.98 Å². The number of pyridine rings is 2. The summed E-state index contributed by atoms with van der Waals surface area (Å²) in [5, 5.41) is 2.98. The third kappa shape index (κ3) is 2.98. The highest BCUT2D eigenvalue weighted by atomic mass is 32.1. The van der Waals surface area contributed by atoms with Crippen LogP contribution in [0, 0.1) is 12.3 Å². The van der Waals surface area contributed by atoms with E-state index in [0.29, 0.717) is 5.71 Å². The number of hydrogen-bond donors (Lipinski definition) is 0. The number of furan rings is 1. The van der Waals surface area contributed by atoms with Crippen molar-refractivity contribution in [1.82, 2.24) is 9.97 Å². The molecular formula is C24H22N2OS. The molecule has 0 radical (unpaired) electrons. The van der Waals surface area contributed by atoms with Gasteiger partial charge in [-0.15, -0.1) is 11.3 Å². The lowest BCUT2D eigenvalue weighted by molar-refractivity contribution is 0.415. The normalized spacial score (nSPS) is 14.0. The van der Waals surface area contributed by atoms with Crippen molar-refractivity contribution < 1.29 is 7.16 Å². The van der Waals surface area contributed by atoms with Gasteiger partial charge >= 0.3 is 0 Å². The lowest BCUT2D eigenvalue weighted by Crippen LogP contribution is -2.07. The number of benzene rings is 1. The van der Waals surface area contributed by atoms with Gasteiger partial charge in [0.1, 0.15) is 5.58 Å². The second-order valence-electron chi connectivity index (χ2n) is 8.18. The number of thiophene rings is 1. The standard InChI is InChI=1S/C24H22N2OS/c1-14-8-9-18-17-6-5-7-19(22(17)27-23(18)26-14)20-11-21-15(13-25-20)10-16(28-21)12-24(2,3)4/h5-11,13H,12H2,1-4H3/i12D2. The predicted octanol–water partition coefficient (Wildman–Crippen LogP) is 7.15. The topological polar surface area (TPSA) is 38.9 Å². The summed E-state index contributed by atoms with van der Waals surface area (Å²) in [6.07, 6.45) is 0.409. The molecule has 0 spiro atoms. The van der Waals surface area contributed by atoms with Crippen LogP contribution in [-0.2, 0) is 6.37 Å². The lowest BCUT2D eigenvalue weighted by atomic mass is 9.91. The first-order chi connectivity index (χ1) is 14.1. The van der Waals surface area contributed by atoms with Gasteiger partial charge < -0.3 is 4.42 Å². The van der Waals surface area contributed by atoms with Crippen LogP contribution in [0.1, 0.15) is 34.1 Å². The molecule has 0 saturated heterocycles. The number of hydrogen-bond acceptors (Lipinski definition) is 4. The monoisotopic (exact) mass is 388 g/mol. The molecule has 5 rings (SSSR count). The minimum atomic E-state index is -1.42. The SMILES string of the molecule is [2H]C([2H])(c1cc2cnc(-c3cccc4c3oc3nc(C)ccc34)cc2s1)C(C)(C)C. The second kappa shape index (κ2) is 6.14. The maximum Gasteiger partial charge on any atom is 0.227 e. The van der Waals surface area contributed by atoms with Crippen LogP contribution in [0.5, 0.6) is 0 Å². The maximum absolute atomic E-state index is 8.59. The Morgan fingerprint density at radius 2 is 1.96 bits per heavy atom. The van der Waals surface area contributed by atoms with Gasteiger partial charge in [0.05, 0.1) is 5.69 Å². The Balaban J connectivity index is 1.68.